The number of benzene rings is 2. The molecule has 1 fully saturated rings. The van der Waals surface area contributed by atoms with E-state index in [9.17, 15) is 32.3 Å². The summed E-state index contributed by atoms with van der Waals surface area (Å²) in [6.45, 7) is 2.21. The first-order valence-corrected chi connectivity index (χ1v) is 11.9. The molecular weight excluding hydrogens is 532 g/mol. The van der Waals surface area contributed by atoms with Crippen LogP contribution in [0.2, 0.25) is 0 Å². The highest BCUT2D eigenvalue weighted by Gasteiger charge is 2.48. The summed E-state index contributed by atoms with van der Waals surface area (Å²) in [5, 5.41) is 13.5. The molecule has 2 aliphatic heterocycles. The van der Waals surface area contributed by atoms with Gasteiger partial charge in [-0.05, 0) is 78.8 Å². The van der Waals surface area contributed by atoms with E-state index < -0.39 is 56.3 Å². The monoisotopic (exact) mass is 554 g/mol. The van der Waals surface area contributed by atoms with Crippen molar-refractivity contribution < 1.29 is 32.3 Å². The van der Waals surface area contributed by atoms with Crippen LogP contribution in [0.1, 0.15) is 38.2 Å². The van der Waals surface area contributed by atoms with Crippen molar-refractivity contribution in [2.24, 2.45) is 0 Å². The van der Waals surface area contributed by atoms with Crippen LogP contribution >= 0.6 is 15.9 Å². The number of anilines is 1. The van der Waals surface area contributed by atoms with E-state index in [2.05, 4.69) is 21.2 Å². The van der Waals surface area contributed by atoms with Crippen molar-refractivity contribution in [3.8, 4) is 0 Å². The van der Waals surface area contributed by atoms with Crippen LogP contribution in [0.25, 0.3) is 0 Å². The second-order valence-electron chi connectivity index (χ2n) is 9.04. The van der Waals surface area contributed by atoms with E-state index in [1.54, 1.807) is 6.92 Å². The quantitative estimate of drug-likeness (QED) is 0.294. The topological polar surface area (TPSA) is 69.6 Å². The zero-order chi connectivity index (χ0) is 25.5. The van der Waals surface area contributed by atoms with Gasteiger partial charge in [0.1, 0.15) is 23.0 Å². The molecule has 186 valence electrons. The molecule has 2 aliphatic rings. The van der Waals surface area contributed by atoms with Gasteiger partial charge in [0.15, 0.2) is 17.4 Å². The Hall–Kier alpha value is -2.72. The van der Waals surface area contributed by atoms with Gasteiger partial charge in [-0.2, -0.15) is 0 Å². The van der Waals surface area contributed by atoms with Gasteiger partial charge in [0.2, 0.25) is 0 Å². The summed E-state index contributed by atoms with van der Waals surface area (Å²) in [6.07, 6.45) is 1.31. The van der Waals surface area contributed by atoms with E-state index in [4.69, 9.17) is 0 Å². The minimum Gasteiger partial charge on any atom is -0.509 e. The van der Waals surface area contributed by atoms with E-state index in [1.807, 2.05) is 4.90 Å². The number of aliphatic hydroxyl groups is 1. The van der Waals surface area contributed by atoms with Crippen LogP contribution in [-0.4, -0.2) is 39.8 Å². The average Bonchev–Trinajstić information content (AvgIpc) is 3.19. The minimum atomic E-state index is -1.10. The fourth-order valence-electron chi connectivity index (χ4n) is 5.03. The number of aliphatic hydroxyl groups excluding tert-OH is 1. The first kappa shape index (κ1) is 25.4. The number of Topliss-reactive ketones (excluding diaryl/α,β-unsaturated/α-hetero) is 1. The van der Waals surface area contributed by atoms with Gasteiger partial charge in [0, 0.05) is 18.2 Å². The van der Waals surface area contributed by atoms with E-state index in [0.717, 1.165) is 18.2 Å². The molecule has 10 heteroatoms. The molecule has 0 bridgehead atoms. The maximum Gasteiger partial charge on any atom is 0.262 e. The van der Waals surface area contributed by atoms with E-state index >= 15 is 0 Å². The predicted octanol–water partition coefficient (Wildman–Crippen LogP) is 5.58. The normalized spacial score (nSPS) is 23.1. The Morgan fingerprint density at radius 2 is 1.89 bits per heavy atom. The third-order valence-corrected chi connectivity index (χ3v) is 7.58. The lowest BCUT2D eigenvalue weighted by molar-refractivity contribution is -0.121. The molecule has 2 atom stereocenters. The second kappa shape index (κ2) is 9.73. The third kappa shape index (κ3) is 4.73. The van der Waals surface area contributed by atoms with Crippen LogP contribution < -0.4 is 5.32 Å². The highest BCUT2D eigenvalue weighted by atomic mass is 79.9. The molecule has 0 aliphatic carbocycles. The fourth-order valence-corrected chi connectivity index (χ4v) is 5.26. The number of nitrogens with zero attached hydrogens (tertiary/aromatic N) is 1. The van der Waals surface area contributed by atoms with Crippen molar-refractivity contribution in [1.82, 2.24) is 4.90 Å². The van der Waals surface area contributed by atoms with Gasteiger partial charge in [-0.1, -0.05) is 12.1 Å². The molecule has 2 aromatic rings. The molecule has 35 heavy (non-hydrogen) atoms. The number of hydrogen-bond acceptors (Lipinski definition) is 4. The number of carbonyl (C=O) groups is 2. The molecule has 1 saturated heterocycles. The Kier molecular flexibility index (Phi) is 7.06. The molecule has 0 aromatic heterocycles. The third-order valence-electron chi connectivity index (χ3n) is 6.82. The summed E-state index contributed by atoms with van der Waals surface area (Å²) in [5.41, 5.74) is -1.62. The summed E-state index contributed by atoms with van der Waals surface area (Å²) < 4.78 is 55.5. The number of amides is 1. The molecule has 2 N–H and O–H groups in total. The highest BCUT2D eigenvalue weighted by Crippen LogP contribution is 2.41. The Morgan fingerprint density at radius 1 is 1.20 bits per heavy atom. The lowest BCUT2D eigenvalue weighted by Crippen LogP contribution is -2.52. The number of carbonyl (C=O) groups excluding carboxylic acids is 2. The molecule has 2 aromatic carbocycles. The van der Waals surface area contributed by atoms with Gasteiger partial charge in [0.25, 0.3) is 5.91 Å². The molecule has 0 saturated carbocycles. The van der Waals surface area contributed by atoms with E-state index in [-0.39, 0.29) is 36.6 Å². The maximum atomic E-state index is 14.4. The van der Waals surface area contributed by atoms with Crippen molar-refractivity contribution in [1.29, 1.82) is 0 Å². The first-order chi connectivity index (χ1) is 16.5. The number of hydrogen-bond donors (Lipinski definition) is 2. The van der Waals surface area contributed by atoms with Crippen LogP contribution in [0.5, 0.6) is 0 Å². The second-order valence-corrected chi connectivity index (χ2v) is 9.83. The molecule has 1 amide bonds. The average molecular weight is 555 g/mol. The van der Waals surface area contributed by atoms with Gasteiger partial charge < -0.3 is 10.4 Å². The Labute approximate surface area is 207 Å². The largest absolute Gasteiger partial charge is 0.509 e. The zero-order valence-corrected chi connectivity index (χ0v) is 20.4. The number of rotatable bonds is 4. The van der Waals surface area contributed by atoms with Gasteiger partial charge in [0.05, 0.1) is 10.0 Å². The van der Waals surface area contributed by atoms with Gasteiger partial charge in [-0.3, -0.25) is 14.5 Å². The highest BCUT2D eigenvalue weighted by molar-refractivity contribution is 9.10. The molecule has 2 unspecified atom stereocenters. The number of nitrogens with one attached hydrogen (secondary N) is 1. The summed E-state index contributed by atoms with van der Waals surface area (Å²) in [5.74, 6) is -5.86. The SMILES string of the molecule is CC12CCCN1C(Cc1cccc(F)c1F)CCC(=O)C(C(=O)Nc1cc(F)c(Br)c(F)c1)=C2O. The fraction of sp³-hybridized carbons (Fsp3) is 0.360. The molecule has 5 nitrogen and oxygen atoms in total. The Balaban J connectivity index is 1.68. The molecule has 4 rings (SSSR count). The number of ketones is 1. The Morgan fingerprint density at radius 3 is 2.57 bits per heavy atom. The van der Waals surface area contributed by atoms with Crippen LogP contribution in [-0.2, 0) is 16.0 Å². The Bertz CT molecular complexity index is 1210. The van der Waals surface area contributed by atoms with Crippen LogP contribution in [0.3, 0.4) is 0 Å². The predicted molar refractivity (Wildman–Crippen MR) is 125 cm³/mol. The van der Waals surface area contributed by atoms with Crippen molar-refractivity contribution in [2.45, 2.75) is 50.6 Å². The van der Waals surface area contributed by atoms with Crippen LogP contribution in [0, 0.1) is 23.3 Å². The van der Waals surface area contributed by atoms with Crippen LogP contribution in [0.15, 0.2) is 46.1 Å². The van der Waals surface area contributed by atoms with Gasteiger partial charge >= 0.3 is 0 Å². The molecule has 0 radical (unpaired) electrons. The van der Waals surface area contributed by atoms with Crippen molar-refractivity contribution in [3.05, 3.63) is 75.0 Å². The van der Waals surface area contributed by atoms with Gasteiger partial charge in [-0.25, -0.2) is 17.6 Å². The molecular formula is C25H23BrF4N2O3. The van der Waals surface area contributed by atoms with Crippen LogP contribution in [0.4, 0.5) is 23.2 Å². The standard InChI is InChI=1S/C25H23BrF4N2O3/c1-25-8-3-9-32(25)15(10-13-4-2-5-16(27)22(13)30)6-7-19(33)20(23(25)34)24(35)31-14-11-17(28)21(26)18(29)12-14/h2,4-5,11-12,15,34H,3,6-10H2,1H3,(H,31,35). The van der Waals surface area contributed by atoms with Crippen molar-refractivity contribution >= 4 is 33.3 Å². The van der Waals surface area contributed by atoms with Gasteiger partial charge in [-0.15, -0.1) is 0 Å². The summed E-state index contributed by atoms with van der Waals surface area (Å²) in [6, 6.07) is 5.33. The maximum absolute atomic E-state index is 14.4. The number of halogens is 5. The minimum absolute atomic E-state index is 0.124. The van der Waals surface area contributed by atoms with Crippen molar-refractivity contribution in [2.75, 3.05) is 11.9 Å². The smallest absolute Gasteiger partial charge is 0.262 e. The summed E-state index contributed by atoms with van der Waals surface area (Å²) >= 11 is 2.75. The van der Waals surface area contributed by atoms with E-state index in [0.29, 0.717) is 19.4 Å². The lowest BCUT2D eigenvalue weighted by Gasteiger charge is -2.42. The first-order valence-electron chi connectivity index (χ1n) is 11.2. The molecule has 0 spiro atoms. The number of fused-ring (bicyclic) bond motifs is 1. The lowest BCUT2D eigenvalue weighted by atomic mass is 9.84. The molecule has 2 heterocycles. The van der Waals surface area contributed by atoms with Crippen molar-refractivity contribution in [3.63, 3.8) is 0 Å². The summed E-state index contributed by atoms with van der Waals surface area (Å²) in [4.78, 5) is 28.0. The zero-order valence-electron chi connectivity index (χ0n) is 18.8. The summed E-state index contributed by atoms with van der Waals surface area (Å²) in [7, 11) is 0. The van der Waals surface area contributed by atoms with E-state index in [1.165, 1.54) is 12.1 Å².